The number of fused-ring (bicyclic) bond motifs is 1. The molecule has 0 aliphatic rings. The Morgan fingerprint density at radius 3 is 2.59 bits per heavy atom. The Morgan fingerprint density at radius 2 is 1.88 bits per heavy atom. The van der Waals surface area contributed by atoms with Crippen LogP contribution in [0.25, 0.3) is 10.8 Å². The number of carbonyl (C=O) groups is 1. The van der Waals surface area contributed by atoms with Crippen molar-refractivity contribution >= 4 is 16.7 Å². The summed E-state index contributed by atoms with van der Waals surface area (Å²) in [5.74, 6) is -0.226. The molecule has 0 heterocycles. The topological polar surface area (TPSA) is 49.3 Å². The SMILES string of the molecule is CC(C)NC(=O)c1c(O)ccc2ccccc12. The normalized spacial score (nSPS) is 10.8. The second kappa shape index (κ2) is 4.45. The number of amides is 1. The maximum absolute atomic E-state index is 12.0. The first-order valence-electron chi connectivity index (χ1n) is 5.61. The summed E-state index contributed by atoms with van der Waals surface area (Å²) in [5, 5.41) is 14.3. The molecule has 0 radical (unpaired) electrons. The molecule has 1 amide bonds. The number of nitrogens with one attached hydrogen (secondary N) is 1. The van der Waals surface area contributed by atoms with Crippen LogP contribution in [-0.2, 0) is 0 Å². The van der Waals surface area contributed by atoms with Crippen LogP contribution in [-0.4, -0.2) is 17.1 Å². The fourth-order valence-corrected chi connectivity index (χ4v) is 1.83. The zero-order valence-electron chi connectivity index (χ0n) is 9.90. The molecule has 17 heavy (non-hydrogen) atoms. The summed E-state index contributed by atoms with van der Waals surface area (Å²) in [4.78, 5) is 12.0. The number of benzene rings is 2. The molecule has 0 spiro atoms. The van der Waals surface area contributed by atoms with Crippen LogP contribution in [0.4, 0.5) is 0 Å². The van der Waals surface area contributed by atoms with Crippen molar-refractivity contribution < 1.29 is 9.90 Å². The van der Waals surface area contributed by atoms with Crippen molar-refractivity contribution in [1.82, 2.24) is 5.32 Å². The molecule has 0 aliphatic heterocycles. The number of hydrogen-bond donors (Lipinski definition) is 2. The summed E-state index contributed by atoms with van der Waals surface area (Å²) in [6.45, 7) is 3.78. The highest BCUT2D eigenvalue weighted by Crippen LogP contribution is 2.26. The average molecular weight is 229 g/mol. The standard InChI is InChI=1S/C14H15NO2/c1-9(2)15-14(17)13-11-6-4-3-5-10(11)7-8-12(13)16/h3-9,16H,1-2H3,(H,15,17). The van der Waals surface area contributed by atoms with Gasteiger partial charge < -0.3 is 10.4 Å². The van der Waals surface area contributed by atoms with Gasteiger partial charge in [0.25, 0.3) is 5.91 Å². The molecule has 0 saturated carbocycles. The largest absolute Gasteiger partial charge is 0.507 e. The van der Waals surface area contributed by atoms with Crippen molar-refractivity contribution in [3.8, 4) is 5.75 Å². The average Bonchev–Trinajstić information content (AvgIpc) is 2.27. The maximum atomic E-state index is 12.0. The summed E-state index contributed by atoms with van der Waals surface area (Å²) in [6, 6.07) is 10.9. The second-order valence-corrected chi connectivity index (χ2v) is 4.31. The van der Waals surface area contributed by atoms with Crippen LogP contribution in [0, 0.1) is 0 Å². The van der Waals surface area contributed by atoms with Gasteiger partial charge in [-0.25, -0.2) is 0 Å². The first-order chi connectivity index (χ1) is 8.09. The van der Waals surface area contributed by atoms with Gasteiger partial charge in [-0.2, -0.15) is 0 Å². The van der Waals surface area contributed by atoms with Crippen molar-refractivity contribution in [2.45, 2.75) is 19.9 Å². The smallest absolute Gasteiger partial charge is 0.255 e. The van der Waals surface area contributed by atoms with Crippen LogP contribution in [0.1, 0.15) is 24.2 Å². The zero-order valence-corrected chi connectivity index (χ0v) is 9.90. The van der Waals surface area contributed by atoms with Crippen LogP contribution in [0.5, 0.6) is 5.75 Å². The molecule has 3 heteroatoms. The predicted molar refractivity (Wildman–Crippen MR) is 68.2 cm³/mol. The van der Waals surface area contributed by atoms with Gasteiger partial charge in [0.1, 0.15) is 5.75 Å². The van der Waals surface area contributed by atoms with Gasteiger partial charge in [-0.3, -0.25) is 4.79 Å². The van der Waals surface area contributed by atoms with E-state index < -0.39 is 0 Å². The van der Waals surface area contributed by atoms with E-state index in [0.717, 1.165) is 10.8 Å². The molecule has 0 aromatic heterocycles. The van der Waals surface area contributed by atoms with Crippen LogP contribution in [0.2, 0.25) is 0 Å². The fraction of sp³-hybridized carbons (Fsp3) is 0.214. The Balaban J connectivity index is 2.58. The van der Waals surface area contributed by atoms with E-state index in [1.165, 1.54) is 0 Å². The molecule has 2 aromatic rings. The van der Waals surface area contributed by atoms with Crippen molar-refractivity contribution in [2.24, 2.45) is 0 Å². The third-order valence-electron chi connectivity index (χ3n) is 2.55. The molecular formula is C14H15NO2. The Labute approximate surface area is 100 Å². The number of carbonyl (C=O) groups excluding carboxylic acids is 1. The monoisotopic (exact) mass is 229 g/mol. The van der Waals surface area contributed by atoms with E-state index in [1.54, 1.807) is 12.1 Å². The van der Waals surface area contributed by atoms with E-state index >= 15 is 0 Å². The second-order valence-electron chi connectivity index (χ2n) is 4.31. The molecule has 88 valence electrons. The van der Waals surface area contributed by atoms with E-state index in [0.29, 0.717) is 5.56 Å². The van der Waals surface area contributed by atoms with E-state index in [4.69, 9.17) is 0 Å². The summed E-state index contributed by atoms with van der Waals surface area (Å²) in [5.41, 5.74) is 0.344. The number of phenols is 1. The molecule has 0 saturated heterocycles. The first kappa shape index (κ1) is 11.5. The lowest BCUT2D eigenvalue weighted by molar-refractivity contribution is 0.0942. The number of phenolic OH excluding ortho intramolecular Hbond substituents is 1. The van der Waals surface area contributed by atoms with E-state index in [2.05, 4.69) is 5.32 Å². The lowest BCUT2D eigenvalue weighted by atomic mass is 10.0. The molecule has 2 N–H and O–H groups in total. The minimum Gasteiger partial charge on any atom is -0.507 e. The maximum Gasteiger partial charge on any atom is 0.255 e. The molecule has 3 nitrogen and oxygen atoms in total. The molecule has 0 aliphatic carbocycles. The summed E-state index contributed by atoms with van der Waals surface area (Å²) >= 11 is 0. The van der Waals surface area contributed by atoms with Crippen molar-refractivity contribution in [3.63, 3.8) is 0 Å². The van der Waals surface area contributed by atoms with Crippen LogP contribution >= 0.6 is 0 Å². The molecule has 0 bridgehead atoms. The fourth-order valence-electron chi connectivity index (χ4n) is 1.83. The minimum atomic E-state index is -0.241. The third kappa shape index (κ3) is 2.23. The van der Waals surface area contributed by atoms with Crippen LogP contribution < -0.4 is 5.32 Å². The van der Waals surface area contributed by atoms with Crippen LogP contribution in [0.15, 0.2) is 36.4 Å². The molecule has 0 unspecified atom stereocenters. The lowest BCUT2D eigenvalue weighted by Gasteiger charge is -2.11. The van der Waals surface area contributed by atoms with E-state index in [9.17, 15) is 9.90 Å². The quantitative estimate of drug-likeness (QED) is 0.831. The zero-order chi connectivity index (χ0) is 12.4. The summed E-state index contributed by atoms with van der Waals surface area (Å²) < 4.78 is 0. The molecule has 2 rings (SSSR count). The van der Waals surface area contributed by atoms with E-state index in [1.807, 2.05) is 38.1 Å². The van der Waals surface area contributed by atoms with Crippen molar-refractivity contribution in [2.75, 3.05) is 0 Å². The molecular weight excluding hydrogens is 214 g/mol. The lowest BCUT2D eigenvalue weighted by Crippen LogP contribution is -2.30. The van der Waals surface area contributed by atoms with Crippen molar-refractivity contribution in [1.29, 1.82) is 0 Å². The van der Waals surface area contributed by atoms with Crippen LogP contribution in [0.3, 0.4) is 0 Å². The summed E-state index contributed by atoms with van der Waals surface area (Å²) in [6.07, 6.45) is 0. The number of aromatic hydroxyl groups is 1. The molecule has 2 aromatic carbocycles. The Bertz CT molecular complexity index is 561. The molecule has 0 fully saturated rings. The van der Waals surface area contributed by atoms with Gasteiger partial charge in [0, 0.05) is 6.04 Å². The van der Waals surface area contributed by atoms with Crippen molar-refractivity contribution in [3.05, 3.63) is 42.0 Å². The minimum absolute atomic E-state index is 0.0156. The Hall–Kier alpha value is -2.03. The highest BCUT2D eigenvalue weighted by Gasteiger charge is 2.15. The van der Waals surface area contributed by atoms with Gasteiger partial charge in [0.2, 0.25) is 0 Å². The highest BCUT2D eigenvalue weighted by atomic mass is 16.3. The van der Waals surface area contributed by atoms with Gasteiger partial charge in [-0.1, -0.05) is 30.3 Å². The summed E-state index contributed by atoms with van der Waals surface area (Å²) in [7, 11) is 0. The van der Waals surface area contributed by atoms with Gasteiger partial charge in [-0.15, -0.1) is 0 Å². The van der Waals surface area contributed by atoms with Gasteiger partial charge in [0.05, 0.1) is 5.56 Å². The number of hydrogen-bond acceptors (Lipinski definition) is 2. The Kier molecular flexibility index (Phi) is 3.00. The molecule has 0 atom stereocenters. The first-order valence-corrected chi connectivity index (χ1v) is 5.61. The predicted octanol–water partition coefficient (Wildman–Crippen LogP) is 2.68. The number of rotatable bonds is 2. The third-order valence-corrected chi connectivity index (χ3v) is 2.55. The van der Waals surface area contributed by atoms with Gasteiger partial charge >= 0.3 is 0 Å². The highest BCUT2D eigenvalue weighted by molar-refractivity contribution is 6.09. The Morgan fingerprint density at radius 1 is 1.18 bits per heavy atom. The van der Waals surface area contributed by atoms with E-state index in [-0.39, 0.29) is 17.7 Å². The van der Waals surface area contributed by atoms with Gasteiger partial charge in [-0.05, 0) is 30.7 Å². The van der Waals surface area contributed by atoms with Gasteiger partial charge in [0.15, 0.2) is 0 Å².